The molecule has 0 aromatic carbocycles. The van der Waals surface area contributed by atoms with Crippen LogP contribution in [0.3, 0.4) is 0 Å². The molecular weight excluding hydrogens is 164 g/mol. The highest BCUT2D eigenvalue weighted by molar-refractivity contribution is 4.93. The van der Waals surface area contributed by atoms with Crippen molar-refractivity contribution in [2.75, 3.05) is 32.7 Å². The van der Waals surface area contributed by atoms with Crippen LogP contribution in [-0.4, -0.2) is 59.8 Å². The van der Waals surface area contributed by atoms with Gasteiger partial charge >= 0.3 is 0 Å². The van der Waals surface area contributed by atoms with Gasteiger partial charge in [0.05, 0.1) is 6.10 Å². The van der Waals surface area contributed by atoms with Gasteiger partial charge in [0.15, 0.2) is 0 Å². The lowest BCUT2D eigenvalue weighted by Crippen LogP contribution is -2.64. The quantitative estimate of drug-likeness (QED) is 0.619. The van der Waals surface area contributed by atoms with Gasteiger partial charge in [0.2, 0.25) is 0 Å². The number of hydrogen-bond donors (Lipinski definition) is 1. The fraction of sp³-hybridized carbons (Fsp3) is 0.800. The number of piperazine rings is 3. The van der Waals surface area contributed by atoms with Gasteiger partial charge in [0.1, 0.15) is 0 Å². The summed E-state index contributed by atoms with van der Waals surface area (Å²) in [5, 5.41) is 9.86. The Morgan fingerprint density at radius 3 is 2.54 bits per heavy atom. The highest BCUT2D eigenvalue weighted by atomic mass is 16.3. The molecule has 3 heteroatoms. The van der Waals surface area contributed by atoms with E-state index in [9.17, 15) is 5.11 Å². The number of aliphatic hydroxyl groups excluding tert-OH is 1. The molecule has 3 saturated heterocycles. The molecule has 3 fully saturated rings. The summed E-state index contributed by atoms with van der Waals surface area (Å²) in [6.45, 7) is 9.31. The predicted molar refractivity (Wildman–Crippen MR) is 52.6 cm³/mol. The minimum absolute atomic E-state index is 0.222. The van der Waals surface area contributed by atoms with Crippen molar-refractivity contribution in [3.8, 4) is 0 Å². The van der Waals surface area contributed by atoms with Crippen LogP contribution in [0.25, 0.3) is 0 Å². The van der Waals surface area contributed by atoms with Crippen molar-refractivity contribution >= 4 is 0 Å². The van der Waals surface area contributed by atoms with Gasteiger partial charge in [0, 0.05) is 38.8 Å². The Hall–Kier alpha value is -0.380. The van der Waals surface area contributed by atoms with Gasteiger partial charge in [-0.25, -0.2) is 0 Å². The maximum Gasteiger partial charge on any atom is 0.0742 e. The molecule has 2 atom stereocenters. The lowest BCUT2D eigenvalue weighted by atomic mass is 10.0. The molecule has 0 aromatic heterocycles. The van der Waals surface area contributed by atoms with Crippen LogP contribution in [0.5, 0.6) is 0 Å². The molecule has 3 aliphatic rings. The number of fused-ring (bicyclic) bond motifs is 3. The SMILES string of the molecule is C=CCC(O)C1CN2CCN1CC2. The molecule has 74 valence electrons. The molecule has 0 aliphatic carbocycles. The molecule has 3 aliphatic heterocycles. The highest BCUT2D eigenvalue weighted by Crippen LogP contribution is 2.19. The summed E-state index contributed by atoms with van der Waals surface area (Å²) in [6, 6.07) is 0.348. The van der Waals surface area contributed by atoms with Gasteiger partial charge in [-0.3, -0.25) is 9.80 Å². The zero-order valence-corrected chi connectivity index (χ0v) is 8.02. The molecule has 0 spiro atoms. The summed E-state index contributed by atoms with van der Waals surface area (Å²) in [7, 11) is 0. The first-order valence-corrected chi connectivity index (χ1v) is 5.06. The van der Waals surface area contributed by atoms with Gasteiger partial charge in [-0.05, 0) is 6.42 Å². The van der Waals surface area contributed by atoms with Crippen LogP contribution >= 0.6 is 0 Å². The van der Waals surface area contributed by atoms with Crippen LogP contribution in [0.2, 0.25) is 0 Å². The van der Waals surface area contributed by atoms with Crippen molar-refractivity contribution in [1.29, 1.82) is 0 Å². The van der Waals surface area contributed by atoms with E-state index in [1.54, 1.807) is 0 Å². The fourth-order valence-corrected chi connectivity index (χ4v) is 2.35. The maximum atomic E-state index is 9.86. The largest absolute Gasteiger partial charge is 0.391 e. The molecule has 3 nitrogen and oxygen atoms in total. The zero-order valence-electron chi connectivity index (χ0n) is 8.02. The molecule has 3 heterocycles. The second kappa shape index (κ2) is 3.78. The zero-order chi connectivity index (χ0) is 9.26. The van der Waals surface area contributed by atoms with Crippen LogP contribution in [0.15, 0.2) is 12.7 Å². The third-order valence-electron chi connectivity index (χ3n) is 3.17. The van der Waals surface area contributed by atoms with E-state index < -0.39 is 0 Å². The normalized spacial score (nSPS) is 40.2. The van der Waals surface area contributed by atoms with Crippen LogP contribution in [0.4, 0.5) is 0 Å². The van der Waals surface area contributed by atoms with Gasteiger partial charge in [-0.15, -0.1) is 6.58 Å². The van der Waals surface area contributed by atoms with E-state index in [2.05, 4.69) is 16.4 Å². The summed E-state index contributed by atoms with van der Waals surface area (Å²) in [4.78, 5) is 4.85. The van der Waals surface area contributed by atoms with E-state index in [0.29, 0.717) is 6.04 Å². The summed E-state index contributed by atoms with van der Waals surface area (Å²) in [5.74, 6) is 0. The standard InChI is InChI=1S/C10H18N2O/c1-2-3-10(13)9-8-11-4-6-12(9)7-5-11/h2,9-10,13H,1,3-8H2. The Morgan fingerprint density at radius 1 is 1.38 bits per heavy atom. The van der Waals surface area contributed by atoms with Crippen molar-refractivity contribution < 1.29 is 5.11 Å². The Morgan fingerprint density at radius 2 is 2.08 bits per heavy atom. The van der Waals surface area contributed by atoms with E-state index in [0.717, 1.165) is 26.1 Å². The Bertz CT molecular complexity index is 187. The third kappa shape index (κ3) is 1.77. The van der Waals surface area contributed by atoms with E-state index in [4.69, 9.17) is 0 Å². The van der Waals surface area contributed by atoms with Crippen LogP contribution < -0.4 is 0 Å². The van der Waals surface area contributed by atoms with Gasteiger partial charge in [0.25, 0.3) is 0 Å². The number of nitrogens with zero attached hydrogens (tertiary/aromatic N) is 2. The van der Waals surface area contributed by atoms with Crippen molar-refractivity contribution in [2.24, 2.45) is 0 Å². The van der Waals surface area contributed by atoms with Crippen LogP contribution in [0.1, 0.15) is 6.42 Å². The second-order valence-corrected chi connectivity index (χ2v) is 4.00. The Balaban J connectivity index is 1.95. The topological polar surface area (TPSA) is 26.7 Å². The van der Waals surface area contributed by atoms with Gasteiger partial charge in [-0.2, -0.15) is 0 Å². The molecule has 2 unspecified atom stereocenters. The summed E-state index contributed by atoms with van der Waals surface area (Å²) in [5.41, 5.74) is 0. The number of hydrogen-bond acceptors (Lipinski definition) is 3. The molecule has 1 N–H and O–H groups in total. The molecule has 2 bridgehead atoms. The molecule has 0 radical (unpaired) electrons. The smallest absolute Gasteiger partial charge is 0.0742 e. The van der Waals surface area contributed by atoms with Crippen molar-refractivity contribution in [1.82, 2.24) is 9.80 Å². The third-order valence-corrected chi connectivity index (χ3v) is 3.17. The predicted octanol–water partition coefficient (Wildman–Crippen LogP) is -0.0768. The maximum absolute atomic E-state index is 9.86. The van der Waals surface area contributed by atoms with Crippen molar-refractivity contribution in [3.05, 3.63) is 12.7 Å². The van der Waals surface area contributed by atoms with E-state index in [1.165, 1.54) is 13.1 Å². The first-order chi connectivity index (χ1) is 6.31. The second-order valence-electron chi connectivity index (χ2n) is 4.00. The summed E-state index contributed by atoms with van der Waals surface area (Å²) < 4.78 is 0. The summed E-state index contributed by atoms with van der Waals surface area (Å²) >= 11 is 0. The molecule has 0 aromatic rings. The van der Waals surface area contributed by atoms with Crippen LogP contribution in [-0.2, 0) is 0 Å². The lowest BCUT2D eigenvalue weighted by molar-refractivity contribution is -0.0445. The molecule has 13 heavy (non-hydrogen) atoms. The van der Waals surface area contributed by atoms with Crippen molar-refractivity contribution in [3.63, 3.8) is 0 Å². The van der Waals surface area contributed by atoms with Crippen LogP contribution in [0, 0.1) is 0 Å². The molecule has 3 rings (SSSR count). The molecule has 0 amide bonds. The Kier molecular flexibility index (Phi) is 2.67. The molecular formula is C10H18N2O. The first kappa shape index (κ1) is 9.19. The monoisotopic (exact) mass is 182 g/mol. The summed E-state index contributed by atoms with van der Waals surface area (Å²) in [6.07, 6.45) is 2.30. The van der Waals surface area contributed by atoms with Gasteiger partial charge < -0.3 is 5.11 Å². The number of aliphatic hydroxyl groups is 1. The van der Waals surface area contributed by atoms with E-state index in [-0.39, 0.29) is 6.10 Å². The van der Waals surface area contributed by atoms with E-state index in [1.807, 2.05) is 6.08 Å². The average Bonchev–Trinajstić information content (AvgIpc) is 2.20. The first-order valence-electron chi connectivity index (χ1n) is 5.06. The van der Waals surface area contributed by atoms with Crippen molar-refractivity contribution in [2.45, 2.75) is 18.6 Å². The molecule has 0 saturated carbocycles. The average molecular weight is 182 g/mol. The van der Waals surface area contributed by atoms with Gasteiger partial charge in [-0.1, -0.05) is 6.08 Å². The minimum atomic E-state index is -0.222. The van der Waals surface area contributed by atoms with E-state index >= 15 is 0 Å². The fourth-order valence-electron chi connectivity index (χ4n) is 2.35. The lowest BCUT2D eigenvalue weighted by Gasteiger charge is -2.49. The number of rotatable bonds is 3. The Labute approximate surface area is 79.6 Å². The minimum Gasteiger partial charge on any atom is -0.391 e. The highest BCUT2D eigenvalue weighted by Gasteiger charge is 2.35.